The molecule has 0 aliphatic heterocycles. The summed E-state index contributed by atoms with van der Waals surface area (Å²) in [5, 5.41) is 7.04. The van der Waals surface area contributed by atoms with E-state index in [1.807, 2.05) is 22.9 Å². The maximum Gasteiger partial charge on any atom is 0.256 e. The number of anilines is 1. The van der Waals surface area contributed by atoms with E-state index in [1.165, 1.54) is 0 Å². The minimum Gasteiger partial charge on any atom is -0.333 e. The van der Waals surface area contributed by atoms with Gasteiger partial charge in [0.25, 0.3) is 5.91 Å². The van der Waals surface area contributed by atoms with Crippen LogP contribution >= 0.6 is 0 Å². The smallest absolute Gasteiger partial charge is 0.256 e. The van der Waals surface area contributed by atoms with Crippen LogP contribution in [0.4, 0.5) is 5.82 Å². The van der Waals surface area contributed by atoms with E-state index in [-0.39, 0.29) is 5.91 Å². The average Bonchev–Trinajstić information content (AvgIpc) is 3.24. The second kappa shape index (κ2) is 5.96. The van der Waals surface area contributed by atoms with E-state index in [0.717, 1.165) is 12.1 Å². The summed E-state index contributed by atoms with van der Waals surface area (Å²) in [7, 11) is 0. The summed E-state index contributed by atoms with van der Waals surface area (Å²) in [5.74, 6) is 0.272. The molecule has 7 nitrogen and oxygen atoms in total. The highest BCUT2D eigenvalue weighted by Crippen LogP contribution is 2.11. The highest BCUT2D eigenvalue weighted by Gasteiger charge is 2.09. The summed E-state index contributed by atoms with van der Waals surface area (Å²) in [5.41, 5.74) is 2.36. The quantitative estimate of drug-likeness (QED) is 0.626. The molecule has 118 valence electrons. The van der Waals surface area contributed by atoms with Crippen molar-refractivity contribution >= 4 is 17.4 Å². The van der Waals surface area contributed by atoms with Crippen LogP contribution in [0.3, 0.4) is 0 Å². The largest absolute Gasteiger partial charge is 0.333 e. The molecule has 24 heavy (non-hydrogen) atoms. The minimum absolute atomic E-state index is 0.201. The van der Waals surface area contributed by atoms with Crippen molar-refractivity contribution < 1.29 is 4.79 Å². The number of imidazole rings is 1. The first-order valence-electron chi connectivity index (χ1n) is 7.44. The van der Waals surface area contributed by atoms with E-state index in [0.29, 0.717) is 17.0 Å². The van der Waals surface area contributed by atoms with Gasteiger partial charge in [-0.15, -0.1) is 5.10 Å². The van der Waals surface area contributed by atoms with E-state index in [2.05, 4.69) is 20.4 Å². The number of aromatic nitrogens is 5. The normalized spacial score (nSPS) is 10.8. The van der Waals surface area contributed by atoms with Crippen molar-refractivity contribution in [3.05, 3.63) is 78.6 Å². The van der Waals surface area contributed by atoms with Gasteiger partial charge in [0.2, 0.25) is 0 Å². The molecule has 7 heteroatoms. The molecule has 0 atom stereocenters. The topological polar surface area (TPSA) is 77.1 Å². The molecule has 1 amide bonds. The van der Waals surface area contributed by atoms with Gasteiger partial charge in [-0.1, -0.05) is 12.1 Å². The molecule has 0 saturated heterocycles. The molecule has 4 rings (SSSR count). The van der Waals surface area contributed by atoms with E-state index < -0.39 is 0 Å². The molecule has 0 unspecified atom stereocenters. The van der Waals surface area contributed by atoms with Crippen molar-refractivity contribution in [2.45, 2.75) is 6.54 Å². The molecular formula is C17H14N6O. The number of carbonyl (C=O) groups is 1. The monoisotopic (exact) mass is 318 g/mol. The van der Waals surface area contributed by atoms with Gasteiger partial charge in [-0.3, -0.25) is 4.79 Å². The number of hydrogen-bond acceptors (Lipinski definition) is 4. The molecule has 0 bridgehead atoms. The maximum atomic E-state index is 12.3. The Morgan fingerprint density at radius 3 is 2.75 bits per heavy atom. The number of benzene rings is 1. The molecule has 0 fully saturated rings. The molecule has 0 aliphatic rings. The lowest BCUT2D eigenvalue weighted by atomic mass is 10.1. The van der Waals surface area contributed by atoms with Crippen LogP contribution in [0.2, 0.25) is 0 Å². The van der Waals surface area contributed by atoms with Crippen LogP contribution in [0.25, 0.3) is 5.65 Å². The van der Waals surface area contributed by atoms with E-state index in [4.69, 9.17) is 0 Å². The Morgan fingerprint density at radius 2 is 2.00 bits per heavy atom. The van der Waals surface area contributed by atoms with Crippen LogP contribution < -0.4 is 5.32 Å². The number of hydrogen-bond donors (Lipinski definition) is 1. The first-order valence-corrected chi connectivity index (χ1v) is 7.44. The van der Waals surface area contributed by atoms with Crippen molar-refractivity contribution in [2.24, 2.45) is 0 Å². The summed E-state index contributed by atoms with van der Waals surface area (Å²) < 4.78 is 3.59. The number of fused-ring (bicyclic) bond motifs is 1. The fourth-order valence-electron chi connectivity index (χ4n) is 2.43. The van der Waals surface area contributed by atoms with Gasteiger partial charge in [-0.05, 0) is 23.8 Å². The maximum absolute atomic E-state index is 12.3. The summed E-state index contributed by atoms with van der Waals surface area (Å²) in [6.07, 6.45) is 8.87. The molecule has 0 saturated carbocycles. The standard InChI is InChI=1S/C17H14N6O/c24-17(20-15-10-16-19-6-1-8-23(16)21-15)14-4-2-13(3-5-14)11-22-9-7-18-12-22/h1-10,12H,11H2,(H,20,21,24). The molecule has 3 aromatic heterocycles. The predicted molar refractivity (Wildman–Crippen MR) is 88.7 cm³/mol. The van der Waals surface area contributed by atoms with Crippen LogP contribution in [0.15, 0.2) is 67.5 Å². The van der Waals surface area contributed by atoms with Gasteiger partial charge in [0, 0.05) is 43.0 Å². The van der Waals surface area contributed by atoms with Gasteiger partial charge in [-0.25, -0.2) is 14.5 Å². The number of nitrogens with one attached hydrogen (secondary N) is 1. The van der Waals surface area contributed by atoms with Crippen LogP contribution in [0, 0.1) is 0 Å². The van der Waals surface area contributed by atoms with Crippen molar-refractivity contribution in [3.63, 3.8) is 0 Å². The van der Waals surface area contributed by atoms with Gasteiger partial charge in [0.05, 0.1) is 6.33 Å². The minimum atomic E-state index is -0.201. The second-order valence-electron chi connectivity index (χ2n) is 5.34. The molecule has 0 spiro atoms. The van der Waals surface area contributed by atoms with Crippen LogP contribution in [-0.2, 0) is 6.54 Å². The highest BCUT2D eigenvalue weighted by atomic mass is 16.1. The first-order chi connectivity index (χ1) is 11.8. The zero-order chi connectivity index (χ0) is 16.4. The highest BCUT2D eigenvalue weighted by molar-refractivity contribution is 6.03. The van der Waals surface area contributed by atoms with Gasteiger partial charge < -0.3 is 9.88 Å². The zero-order valence-corrected chi connectivity index (χ0v) is 12.7. The number of carbonyl (C=O) groups excluding carboxylic acids is 1. The molecule has 4 aromatic rings. The van der Waals surface area contributed by atoms with Crippen molar-refractivity contribution in [1.82, 2.24) is 24.1 Å². The number of amides is 1. The van der Waals surface area contributed by atoms with E-state index in [1.54, 1.807) is 53.7 Å². The third-order valence-corrected chi connectivity index (χ3v) is 3.62. The SMILES string of the molecule is O=C(Nc1cc2ncccn2n1)c1ccc(Cn2ccnc2)cc1. The first kappa shape index (κ1) is 14.1. The Kier molecular flexibility index (Phi) is 3.51. The van der Waals surface area contributed by atoms with Crippen molar-refractivity contribution in [3.8, 4) is 0 Å². The van der Waals surface area contributed by atoms with Gasteiger partial charge in [-0.2, -0.15) is 0 Å². The third-order valence-electron chi connectivity index (χ3n) is 3.62. The van der Waals surface area contributed by atoms with Crippen LogP contribution in [-0.4, -0.2) is 30.1 Å². The van der Waals surface area contributed by atoms with Gasteiger partial charge in [0.1, 0.15) is 0 Å². The van der Waals surface area contributed by atoms with Gasteiger partial charge >= 0.3 is 0 Å². The zero-order valence-electron chi connectivity index (χ0n) is 12.7. The van der Waals surface area contributed by atoms with Gasteiger partial charge in [0.15, 0.2) is 11.5 Å². The molecule has 1 N–H and O–H groups in total. The molecule has 3 heterocycles. The summed E-state index contributed by atoms with van der Waals surface area (Å²) in [4.78, 5) is 20.5. The van der Waals surface area contributed by atoms with E-state index in [9.17, 15) is 4.79 Å². The second-order valence-corrected chi connectivity index (χ2v) is 5.34. The fourth-order valence-corrected chi connectivity index (χ4v) is 2.43. The molecule has 0 aliphatic carbocycles. The Morgan fingerprint density at radius 1 is 1.12 bits per heavy atom. The van der Waals surface area contributed by atoms with Crippen molar-refractivity contribution in [2.75, 3.05) is 5.32 Å². The Labute approximate surface area is 137 Å². The third kappa shape index (κ3) is 2.87. The number of nitrogens with zero attached hydrogens (tertiary/aromatic N) is 5. The van der Waals surface area contributed by atoms with Crippen LogP contribution in [0.1, 0.15) is 15.9 Å². The summed E-state index contributed by atoms with van der Waals surface area (Å²) in [6.45, 7) is 0.722. The summed E-state index contributed by atoms with van der Waals surface area (Å²) in [6, 6.07) is 11.0. The molecule has 1 aromatic carbocycles. The Bertz CT molecular complexity index is 939. The molecule has 0 radical (unpaired) electrons. The lowest BCUT2D eigenvalue weighted by Gasteiger charge is -2.05. The Hall–Kier alpha value is -3.48. The predicted octanol–water partition coefficient (Wildman–Crippen LogP) is 2.23. The molecular weight excluding hydrogens is 304 g/mol. The lowest BCUT2D eigenvalue weighted by Crippen LogP contribution is -2.12. The van der Waals surface area contributed by atoms with Crippen LogP contribution in [0.5, 0.6) is 0 Å². The number of rotatable bonds is 4. The van der Waals surface area contributed by atoms with Crippen molar-refractivity contribution in [1.29, 1.82) is 0 Å². The fraction of sp³-hybridized carbons (Fsp3) is 0.0588. The summed E-state index contributed by atoms with van der Waals surface area (Å²) >= 11 is 0. The Balaban J connectivity index is 1.47. The van der Waals surface area contributed by atoms with E-state index >= 15 is 0 Å². The average molecular weight is 318 g/mol. The lowest BCUT2D eigenvalue weighted by molar-refractivity contribution is 0.102.